The molecule has 0 unspecified atom stereocenters. The highest BCUT2D eigenvalue weighted by molar-refractivity contribution is 5.83. The molecule has 1 saturated heterocycles. The summed E-state index contributed by atoms with van der Waals surface area (Å²) >= 11 is 0. The van der Waals surface area contributed by atoms with Gasteiger partial charge in [0.05, 0.1) is 6.04 Å². The van der Waals surface area contributed by atoms with E-state index in [1.54, 1.807) is 6.20 Å². The van der Waals surface area contributed by atoms with Crippen LogP contribution in [0.15, 0.2) is 53.3 Å². The van der Waals surface area contributed by atoms with E-state index in [-0.39, 0.29) is 6.04 Å². The molecule has 1 aliphatic rings. The third kappa shape index (κ3) is 3.35. The number of fused-ring (bicyclic) bond motifs is 1. The lowest BCUT2D eigenvalue weighted by molar-refractivity contribution is 0.201. The summed E-state index contributed by atoms with van der Waals surface area (Å²) in [5.74, 6) is 2.19. The Kier molecular flexibility index (Phi) is 4.75. The molecule has 0 bridgehead atoms. The number of benzene rings is 1. The molecule has 1 fully saturated rings. The average Bonchev–Trinajstić information content (AvgIpc) is 3.48. The second kappa shape index (κ2) is 7.57. The van der Waals surface area contributed by atoms with Gasteiger partial charge in [-0.25, -0.2) is 4.98 Å². The van der Waals surface area contributed by atoms with Gasteiger partial charge in [0.15, 0.2) is 0 Å². The topological polar surface area (TPSA) is 63.2 Å². The van der Waals surface area contributed by atoms with Crippen molar-refractivity contribution in [3.63, 3.8) is 0 Å². The number of para-hydroxylation sites is 1. The van der Waals surface area contributed by atoms with Crippen LogP contribution in [0.4, 0.5) is 5.82 Å². The maximum Gasteiger partial charge on any atom is 0.244 e. The van der Waals surface area contributed by atoms with E-state index in [2.05, 4.69) is 57.1 Å². The predicted octanol–water partition coefficient (Wildman–Crippen LogP) is 4.03. The van der Waals surface area contributed by atoms with Crippen molar-refractivity contribution in [3.8, 4) is 11.4 Å². The van der Waals surface area contributed by atoms with Crippen molar-refractivity contribution in [2.24, 2.45) is 7.05 Å². The minimum absolute atomic E-state index is 0.152. The summed E-state index contributed by atoms with van der Waals surface area (Å²) in [4.78, 5) is 13.6. The van der Waals surface area contributed by atoms with Gasteiger partial charge in [-0.05, 0) is 43.1 Å². The van der Waals surface area contributed by atoms with Crippen LogP contribution in [0.2, 0.25) is 0 Å². The van der Waals surface area contributed by atoms with Crippen LogP contribution in [-0.4, -0.2) is 45.2 Å². The molecule has 7 heteroatoms. The van der Waals surface area contributed by atoms with Crippen LogP contribution in [0.3, 0.4) is 0 Å². The fourth-order valence-electron chi connectivity index (χ4n) is 4.34. The molecule has 154 valence electrons. The zero-order valence-electron chi connectivity index (χ0n) is 17.6. The molecule has 5 rings (SSSR count). The molecule has 0 aliphatic carbocycles. The molecule has 0 spiro atoms. The van der Waals surface area contributed by atoms with Gasteiger partial charge >= 0.3 is 0 Å². The first-order valence-corrected chi connectivity index (χ1v) is 10.3. The summed E-state index contributed by atoms with van der Waals surface area (Å²) < 4.78 is 7.89. The van der Waals surface area contributed by atoms with E-state index in [0.29, 0.717) is 11.7 Å². The van der Waals surface area contributed by atoms with E-state index >= 15 is 0 Å². The van der Waals surface area contributed by atoms with Gasteiger partial charge in [0.1, 0.15) is 5.82 Å². The number of aromatic nitrogens is 4. The maximum atomic E-state index is 5.70. The van der Waals surface area contributed by atoms with Crippen molar-refractivity contribution in [2.75, 3.05) is 25.5 Å². The maximum absolute atomic E-state index is 5.70. The van der Waals surface area contributed by atoms with Crippen LogP contribution in [0.25, 0.3) is 22.3 Å². The Bertz CT molecular complexity index is 1160. The molecule has 0 saturated carbocycles. The van der Waals surface area contributed by atoms with Crippen LogP contribution >= 0.6 is 0 Å². The molecular formula is C23H26N6O. The number of nitrogens with zero attached hydrogens (tertiary/aromatic N) is 6. The van der Waals surface area contributed by atoms with Crippen LogP contribution in [0.1, 0.15) is 30.3 Å². The highest BCUT2D eigenvalue weighted by atomic mass is 16.5. The molecule has 0 radical (unpaired) electrons. The third-order valence-corrected chi connectivity index (χ3v) is 5.91. The van der Waals surface area contributed by atoms with Gasteiger partial charge in [0.2, 0.25) is 11.7 Å². The SMILES string of the molecule is CN(C)c1ccc(-c2noc([C@@H]3CCCN3Cc3cn(C)c4ccccc34)n2)cn1. The first-order chi connectivity index (χ1) is 14.6. The van der Waals surface area contributed by atoms with Gasteiger partial charge in [-0.15, -0.1) is 0 Å². The fourth-order valence-corrected chi connectivity index (χ4v) is 4.34. The van der Waals surface area contributed by atoms with Gasteiger partial charge in [-0.1, -0.05) is 23.4 Å². The molecule has 7 nitrogen and oxygen atoms in total. The van der Waals surface area contributed by atoms with E-state index in [1.165, 1.54) is 16.5 Å². The van der Waals surface area contributed by atoms with Crippen molar-refractivity contribution >= 4 is 16.7 Å². The Balaban J connectivity index is 1.38. The molecule has 4 aromatic rings. The lowest BCUT2D eigenvalue weighted by atomic mass is 10.1. The quantitative estimate of drug-likeness (QED) is 0.502. The number of pyridine rings is 1. The minimum atomic E-state index is 0.152. The van der Waals surface area contributed by atoms with Crippen LogP contribution in [0, 0.1) is 0 Å². The van der Waals surface area contributed by atoms with Crippen molar-refractivity contribution in [1.29, 1.82) is 0 Å². The van der Waals surface area contributed by atoms with Gasteiger partial charge in [0.25, 0.3) is 0 Å². The zero-order chi connectivity index (χ0) is 20.7. The highest BCUT2D eigenvalue weighted by Gasteiger charge is 2.31. The Morgan fingerprint density at radius 1 is 1.17 bits per heavy atom. The molecule has 0 N–H and O–H groups in total. The molecule has 1 aliphatic heterocycles. The second-order valence-electron chi connectivity index (χ2n) is 8.17. The van der Waals surface area contributed by atoms with Gasteiger partial charge in [0, 0.05) is 56.5 Å². The monoisotopic (exact) mass is 402 g/mol. The number of hydrogen-bond donors (Lipinski definition) is 0. The minimum Gasteiger partial charge on any atom is -0.363 e. The van der Waals surface area contributed by atoms with E-state index in [4.69, 9.17) is 9.51 Å². The van der Waals surface area contributed by atoms with Crippen molar-refractivity contribution in [2.45, 2.75) is 25.4 Å². The molecule has 3 aromatic heterocycles. The summed E-state index contributed by atoms with van der Waals surface area (Å²) in [5.41, 5.74) is 3.47. The predicted molar refractivity (Wildman–Crippen MR) is 117 cm³/mol. The first kappa shape index (κ1) is 18.8. The Morgan fingerprint density at radius 2 is 2.03 bits per heavy atom. The fraction of sp³-hybridized carbons (Fsp3) is 0.348. The molecule has 1 aromatic carbocycles. The zero-order valence-corrected chi connectivity index (χ0v) is 17.6. The summed E-state index contributed by atoms with van der Waals surface area (Å²) in [7, 11) is 6.05. The molecule has 30 heavy (non-hydrogen) atoms. The summed E-state index contributed by atoms with van der Waals surface area (Å²) in [6.07, 6.45) is 6.19. The lowest BCUT2D eigenvalue weighted by Crippen LogP contribution is -2.22. The molecular weight excluding hydrogens is 376 g/mol. The largest absolute Gasteiger partial charge is 0.363 e. The Hall–Kier alpha value is -3.19. The number of likely N-dealkylation sites (tertiary alicyclic amines) is 1. The Labute approximate surface area is 175 Å². The van der Waals surface area contributed by atoms with Gasteiger partial charge < -0.3 is 14.0 Å². The van der Waals surface area contributed by atoms with E-state index in [0.717, 1.165) is 37.3 Å². The lowest BCUT2D eigenvalue weighted by Gasteiger charge is -2.21. The molecule has 0 amide bonds. The van der Waals surface area contributed by atoms with E-state index < -0.39 is 0 Å². The Morgan fingerprint density at radius 3 is 2.83 bits per heavy atom. The van der Waals surface area contributed by atoms with E-state index in [1.807, 2.05) is 31.1 Å². The average molecular weight is 403 g/mol. The summed E-state index contributed by atoms with van der Waals surface area (Å²) in [6, 6.07) is 12.7. The van der Waals surface area contributed by atoms with Crippen molar-refractivity contribution in [1.82, 2.24) is 24.6 Å². The highest BCUT2D eigenvalue weighted by Crippen LogP contribution is 2.34. The second-order valence-corrected chi connectivity index (χ2v) is 8.17. The van der Waals surface area contributed by atoms with Gasteiger partial charge in [-0.3, -0.25) is 4.90 Å². The normalized spacial score (nSPS) is 17.1. The van der Waals surface area contributed by atoms with Crippen LogP contribution < -0.4 is 4.90 Å². The first-order valence-electron chi connectivity index (χ1n) is 10.3. The summed E-state index contributed by atoms with van der Waals surface area (Å²) in [6.45, 7) is 1.91. The van der Waals surface area contributed by atoms with Gasteiger partial charge in [-0.2, -0.15) is 4.98 Å². The van der Waals surface area contributed by atoms with E-state index in [9.17, 15) is 0 Å². The van der Waals surface area contributed by atoms with Crippen molar-refractivity contribution in [3.05, 3.63) is 60.2 Å². The molecule has 4 heterocycles. The number of hydrogen-bond acceptors (Lipinski definition) is 6. The number of aryl methyl sites for hydroxylation is 1. The standard InChI is InChI=1S/C23H26N6O/c1-27(2)21-11-10-16(13-24-21)22-25-23(30-26-22)20-9-6-12-29(20)15-17-14-28(3)19-8-5-4-7-18(17)19/h4-5,7-8,10-11,13-14,20H,6,9,12,15H2,1-3H3/t20-/m0/s1. The smallest absolute Gasteiger partial charge is 0.244 e. The van der Waals surface area contributed by atoms with Crippen LogP contribution in [-0.2, 0) is 13.6 Å². The number of anilines is 1. The third-order valence-electron chi connectivity index (χ3n) is 5.91. The number of rotatable bonds is 5. The van der Waals surface area contributed by atoms with Crippen LogP contribution in [0.5, 0.6) is 0 Å². The molecule has 1 atom stereocenters. The van der Waals surface area contributed by atoms with Crippen molar-refractivity contribution < 1.29 is 4.52 Å². The summed E-state index contributed by atoms with van der Waals surface area (Å²) in [5, 5.41) is 5.54.